The first-order chi connectivity index (χ1) is 9.39. The van der Waals surface area contributed by atoms with E-state index in [9.17, 15) is 13.2 Å². The van der Waals surface area contributed by atoms with E-state index in [2.05, 4.69) is 21.2 Å². The van der Waals surface area contributed by atoms with Crippen LogP contribution < -0.4 is 5.32 Å². The summed E-state index contributed by atoms with van der Waals surface area (Å²) in [6.07, 6.45) is -4.36. The molecule has 1 unspecified atom stereocenters. The second kappa shape index (κ2) is 5.87. The van der Waals surface area contributed by atoms with Crippen LogP contribution in [0, 0.1) is 6.92 Å². The standard InChI is InChI=1S/C15H13BrF3N/c1-10-12(16)8-5-9-13(10)20-14(15(17,18)19)11-6-3-2-4-7-11/h2-9,14,20H,1H3. The molecule has 0 saturated carbocycles. The summed E-state index contributed by atoms with van der Waals surface area (Å²) in [6.45, 7) is 1.77. The van der Waals surface area contributed by atoms with Crippen molar-refractivity contribution >= 4 is 21.6 Å². The van der Waals surface area contributed by atoms with Crippen molar-refractivity contribution in [2.75, 3.05) is 5.32 Å². The molecule has 0 aromatic heterocycles. The number of hydrogen-bond acceptors (Lipinski definition) is 1. The number of rotatable bonds is 3. The van der Waals surface area contributed by atoms with Crippen LogP contribution in [0.1, 0.15) is 17.2 Å². The van der Waals surface area contributed by atoms with E-state index in [1.165, 1.54) is 12.1 Å². The second-order valence-corrected chi connectivity index (χ2v) is 5.30. The van der Waals surface area contributed by atoms with E-state index in [4.69, 9.17) is 0 Å². The van der Waals surface area contributed by atoms with E-state index >= 15 is 0 Å². The van der Waals surface area contributed by atoms with Crippen molar-refractivity contribution < 1.29 is 13.2 Å². The zero-order chi connectivity index (χ0) is 14.8. The lowest BCUT2D eigenvalue weighted by molar-refractivity contribution is -0.144. The van der Waals surface area contributed by atoms with Gasteiger partial charge in [-0.3, -0.25) is 0 Å². The fourth-order valence-electron chi connectivity index (χ4n) is 1.92. The second-order valence-electron chi connectivity index (χ2n) is 4.44. The molecule has 0 heterocycles. The summed E-state index contributed by atoms with van der Waals surface area (Å²) >= 11 is 3.32. The zero-order valence-electron chi connectivity index (χ0n) is 10.7. The minimum atomic E-state index is -4.36. The lowest BCUT2D eigenvalue weighted by atomic mass is 10.1. The Morgan fingerprint density at radius 1 is 1.00 bits per heavy atom. The van der Waals surface area contributed by atoms with Crippen LogP contribution in [0.2, 0.25) is 0 Å². The Bertz CT molecular complexity index is 581. The summed E-state index contributed by atoms with van der Waals surface area (Å²) in [7, 11) is 0. The highest BCUT2D eigenvalue weighted by molar-refractivity contribution is 9.10. The van der Waals surface area contributed by atoms with Crippen molar-refractivity contribution in [3.63, 3.8) is 0 Å². The molecule has 20 heavy (non-hydrogen) atoms. The molecular weight excluding hydrogens is 331 g/mol. The molecule has 0 radical (unpaired) electrons. The molecular formula is C15H13BrF3N. The number of alkyl halides is 3. The van der Waals surface area contributed by atoms with Gasteiger partial charge in [0, 0.05) is 10.2 Å². The number of anilines is 1. The zero-order valence-corrected chi connectivity index (χ0v) is 12.3. The minimum Gasteiger partial charge on any atom is -0.370 e. The van der Waals surface area contributed by atoms with E-state index < -0.39 is 12.2 Å². The van der Waals surface area contributed by atoms with Crippen molar-refractivity contribution in [2.24, 2.45) is 0 Å². The van der Waals surface area contributed by atoms with E-state index in [1.54, 1.807) is 43.3 Å². The first-order valence-corrected chi connectivity index (χ1v) is 6.82. The molecule has 0 aliphatic rings. The number of benzene rings is 2. The smallest absolute Gasteiger partial charge is 0.370 e. The van der Waals surface area contributed by atoms with E-state index in [0.29, 0.717) is 5.69 Å². The average Bonchev–Trinajstić information content (AvgIpc) is 2.40. The predicted octanol–water partition coefficient (Wildman–Crippen LogP) is 5.47. The molecule has 2 rings (SSSR count). The lowest BCUT2D eigenvalue weighted by Gasteiger charge is -2.24. The fourth-order valence-corrected chi connectivity index (χ4v) is 2.29. The normalized spacial score (nSPS) is 13.1. The third kappa shape index (κ3) is 3.33. The third-order valence-electron chi connectivity index (χ3n) is 3.03. The average molecular weight is 344 g/mol. The molecule has 0 amide bonds. The van der Waals surface area contributed by atoms with Crippen molar-refractivity contribution in [2.45, 2.75) is 19.1 Å². The SMILES string of the molecule is Cc1c(Br)cccc1NC(c1ccccc1)C(F)(F)F. The molecule has 0 fully saturated rings. The molecule has 0 spiro atoms. The lowest BCUT2D eigenvalue weighted by Crippen LogP contribution is -2.28. The Kier molecular flexibility index (Phi) is 4.38. The van der Waals surface area contributed by atoms with Crippen LogP contribution in [0.4, 0.5) is 18.9 Å². The maximum atomic E-state index is 13.2. The van der Waals surface area contributed by atoms with Crippen LogP contribution in [0.3, 0.4) is 0 Å². The molecule has 0 aliphatic heterocycles. The van der Waals surface area contributed by atoms with Crippen LogP contribution in [-0.2, 0) is 0 Å². The Morgan fingerprint density at radius 3 is 2.25 bits per heavy atom. The Morgan fingerprint density at radius 2 is 1.65 bits per heavy atom. The predicted molar refractivity (Wildman–Crippen MR) is 77.7 cm³/mol. The fraction of sp³-hybridized carbons (Fsp3) is 0.200. The van der Waals surface area contributed by atoms with Crippen LogP contribution in [0.5, 0.6) is 0 Å². The molecule has 1 N–H and O–H groups in total. The van der Waals surface area contributed by atoms with E-state index in [1.807, 2.05) is 0 Å². The maximum Gasteiger partial charge on any atom is 0.412 e. The number of hydrogen-bond donors (Lipinski definition) is 1. The van der Waals surface area contributed by atoms with Gasteiger partial charge in [-0.25, -0.2) is 0 Å². The van der Waals surface area contributed by atoms with E-state index in [0.717, 1.165) is 10.0 Å². The molecule has 0 aliphatic carbocycles. The van der Waals surface area contributed by atoms with Gasteiger partial charge in [0.1, 0.15) is 6.04 Å². The van der Waals surface area contributed by atoms with Crippen molar-refractivity contribution in [3.8, 4) is 0 Å². The summed E-state index contributed by atoms with van der Waals surface area (Å²) in [4.78, 5) is 0. The van der Waals surface area contributed by atoms with Gasteiger partial charge in [0.2, 0.25) is 0 Å². The molecule has 1 nitrogen and oxygen atoms in total. The van der Waals surface area contributed by atoms with Gasteiger partial charge in [0.05, 0.1) is 0 Å². The van der Waals surface area contributed by atoms with Crippen molar-refractivity contribution in [1.82, 2.24) is 0 Å². The van der Waals surface area contributed by atoms with Crippen LogP contribution in [0.15, 0.2) is 53.0 Å². The number of nitrogens with one attached hydrogen (secondary N) is 1. The first-order valence-electron chi connectivity index (χ1n) is 6.03. The molecule has 2 aromatic rings. The summed E-state index contributed by atoms with van der Waals surface area (Å²) in [5.74, 6) is 0. The summed E-state index contributed by atoms with van der Waals surface area (Å²) < 4.78 is 40.5. The minimum absolute atomic E-state index is 0.194. The first kappa shape index (κ1) is 14.9. The Balaban J connectivity index is 2.37. The molecule has 1 atom stereocenters. The molecule has 106 valence electrons. The van der Waals surface area contributed by atoms with Gasteiger partial charge in [0.25, 0.3) is 0 Å². The monoisotopic (exact) mass is 343 g/mol. The van der Waals surface area contributed by atoms with Gasteiger partial charge in [-0.15, -0.1) is 0 Å². The van der Waals surface area contributed by atoms with Crippen LogP contribution in [-0.4, -0.2) is 6.18 Å². The van der Waals surface area contributed by atoms with Crippen LogP contribution in [0.25, 0.3) is 0 Å². The summed E-state index contributed by atoms with van der Waals surface area (Å²) in [6, 6.07) is 11.3. The van der Waals surface area contributed by atoms with Crippen LogP contribution >= 0.6 is 15.9 Å². The molecule has 2 aromatic carbocycles. The highest BCUT2D eigenvalue weighted by atomic mass is 79.9. The van der Waals surface area contributed by atoms with Crippen molar-refractivity contribution in [3.05, 3.63) is 64.1 Å². The van der Waals surface area contributed by atoms with Gasteiger partial charge in [-0.1, -0.05) is 52.3 Å². The third-order valence-corrected chi connectivity index (χ3v) is 3.89. The highest BCUT2D eigenvalue weighted by Crippen LogP contribution is 2.37. The molecule has 0 bridgehead atoms. The largest absolute Gasteiger partial charge is 0.412 e. The Hall–Kier alpha value is -1.49. The van der Waals surface area contributed by atoms with Gasteiger partial charge >= 0.3 is 6.18 Å². The quantitative estimate of drug-likeness (QED) is 0.778. The molecule has 5 heteroatoms. The summed E-state index contributed by atoms with van der Waals surface area (Å²) in [5, 5.41) is 2.59. The van der Waals surface area contributed by atoms with Gasteiger partial charge in [-0.05, 0) is 30.2 Å². The Labute approximate surface area is 123 Å². The molecule has 0 saturated heterocycles. The maximum absolute atomic E-state index is 13.2. The van der Waals surface area contributed by atoms with Gasteiger partial charge in [0.15, 0.2) is 0 Å². The topological polar surface area (TPSA) is 12.0 Å². The highest BCUT2D eigenvalue weighted by Gasteiger charge is 2.40. The van der Waals surface area contributed by atoms with Gasteiger partial charge in [-0.2, -0.15) is 13.2 Å². The van der Waals surface area contributed by atoms with Crippen molar-refractivity contribution in [1.29, 1.82) is 0 Å². The van der Waals surface area contributed by atoms with Gasteiger partial charge < -0.3 is 5.32 Å². The number of halogens is 4. The summed E-state index contributed by atoms with van der Waals surface area (Å²) in [5.41, 5.74) is 1.41. The van der Waals surface area contributed by atoms with E-state index in [-0.39, 0.29) is 5.56 Å².